The minimum absolute atomic E-state index is 0.0530. The molecule has 0 aliphatic heterocycles. The molecule has 0 unspecified atom stereocenters. The molecule has 0 aromatic heterocycles. The van der Waals surface area contributed by atoms with Gasteiger partial charge in [-0.2, -0.15) is 0 Å². The van der Waals surface area contributed by atoms with E-state index < -0.39 is 11.9 Å². The minimum Gasteiger partial charge on any atom is -0.462 e. The van der Waals surface area contributed by atoms with Crippen molar-refractivity contribution in [2.24, 2.45) is 0 Å². The molecule has 9 heteroatoms. The number of hydrogen-bond donors (Lipinski definition) is 2. The molecular weight excluding hydrogens is 486 g/mol. The number of nitrogens with one attached hydrogen (secondary N) is 1. The highest BCUT2D eigenvalue weighted by atomic mass is 16.6. The molecule has 0 radical (unpaired) electrons. The van der Waals surface area contributed by atoms with Crippen molar-refractivity contribution in [1.29, 1.82) is 0 Å². The molecule has 0 saturated carbocycles. The molecule has 38 heavy (non-hydrogen) atoms. The lowest BCUT2D eigenvalue weighted by Crippen LogP contribution is -2.29. The van der Waals surface area contributed by atoms with E-state index in [4.69, 9.17) is 20.0 Å². The molecule has 2 rings (SSSR count). The number of hydrogen-bond acceptors (Lipinski definition) is 8. The van der Waals surface area contributed by atoms with E-state index in [-0.39, 0.29) is 42.4 Å². The zero-order chi connectivity index (χ0) is 28.2. The van der Waals surface area contributed by atoms with Crippen LogP contribution in [0.25, 0.3) is 11.1 Å². The number of esters is 2. The summed E-state index contributed by atoms with van der Waals surface area (Å²) in [5, 5.41) is 0. The molecule has 0 aromatic carbocycles. The van der Waals surface area contributed by atoms with Gasteiger partial charge in [-0.15, -0.1) is 0 Å². The molecule has 0 fully saturated rings. The van der Waals surface area contributed by atoms with Crippen molar-refractivity contribution in [1.82, 2.24) is 10.4 Å². The molecule has 2 aliphatic carbocycles. The van der Waals surface area contributed by atoms with Crippen LogP contribution >= 0.6 is 0 Å². The summed E-state index contributed by atoms with van der Waals surface area (Å²) in [7, 11) is 0. The minimum atomic E-state index is -0.603. The summed E-state index contributed by atoms with van der Waals surface area (Å²) in [6.07, 6.45) is 2.07. The first kappa shape index (κ1) is 31.1. The fourth-order valence-electron chi connectivity index (χ4n) is 4.85. The van der Waals surface area contributed by atoms with Gasteiger partial charge in [0, 0.05) is 12.1 Å². The Hall–Kier alpha value is -3.17. The Morgan fingerprint density at radius 2 is 1.47 bits per heavy atom. The van der Waals surface area contributed by atoms with Gasteiger partial charge in [-0.05, 0) is 68.5 Å². The molecular formula is C29H43N3O6. The SMILES string of the molecule is CCOC(=O)c1c2ccc(CC(=O)NOCCCN(CC)CC)c(CC)c(CC)c-2c(C(=O)OCC)c1N. The lowest BCUT2D eigenvalue weighted by Gasteiger charge is -2.17. The van der Waals surface area contributed by atoms with Gasteiger partial charge in [0.15, 0.2) is 0 Å². The summed E-state index contributed by atoms with van der Waals surface area (Å²) in [6, 6.07) is 3.56. The fourth-order valence-corrected chi connectivity index (χ4v) is 4.85. The summed E-state index contributed by atoms with van der Waals surface area (Å²) < 4.78 is 10.6. The number of nitrogens with zero attached hydrogens (tertiary/aromatic N) is 1. The van der Waals surface area contributed by atoms with Crippen LogP contribution in [0.5, 0.6) is 0 Å². The maximum Gasteiger partial charge on any atom is 0.340 e. The number of fused-ring (bicyclic) bond motifs is 1. The molecule has 0 bridgehead atoms. The second-order valence-electron chi connectivity index (χ2n) is 8.85. The highest BCUT2D eigenvalue weighted by Crippen LogP contribution is 2.43. The number of nitrogen functional groups attached to an aromatic ring is 1. The van der Waals surface area contributed by atoms with E-state index >= 15 is 0 Å². The van der Waals surface area contributed by atoms with Crippen LogP contribution in [0.3, 0.4) is 0 Å². The van der Waals surface area contributed by atoms with Crippen molar-refractivity contribution in [3.63, 3.8) is 0 Å². The average Bonchev–Trinajstić information content (AvgIpc) is 3.10. The van der Waals surface area contributed by atoms with Gasteiger partial charge in [0.05, 0.1) is 43.1 Å². The largest absolute Gasteiger partial charge is 0.462 e. The van der Waals surface area contributed by atoms with Gasteiger partial charge >= 0.3 is 11.9 Å². The summed E-state index contributed by atoms with van der Waals surface area (Å²) in [6.45, 7) is 15.2. The van der Waals surface area contributed by atoms with Gasteiger partial charge in [0.2, 0.25) is 5.91 Å². The summed E-state index contributed by atoms with van der Waals surface area (Å²) in [5.74, 6) is -1.47. The van der Waals surface area contributed by atoms with Gasteiger partial charge in [-0.3, -0.25) is 9.63 Å². The predicted octanol–water partition coefficient (Wildman–Crippen LogP) is 4.17. The summed E-state index contributed by atoms with van der Waals surface area (Å²) >= 11 is 0. The molecule has 210 valence electrons. The van der Waals surface area contributed by atoms with E-state index in [0.717, 1.165) is 42.7 Å². The third-order valence-corrected chi connectivity index (χ3v) is 6.65. The molecule has 1 amide bonds. The smallest absolute Gasteiger partial charge is 0.340 e. The third kappa shape index (κ3) is 7.23. The molecule has 0 aromatic rings. The van der Waals surface area contributed by atoms with E-state index in [2.05, 4.69) is 24.2 Å². The number of nitrogens with two attached hydrogens (primary N) is 1. The second kappa shape index (κ2) is 15.3. The first-order valence-electron chi connectivity index (χ1n) is 13.6. The van der Waals surface area contributed by atoms with E-state index in [0.29, 0.717) is 30.6 Å². The van der Waals surface area contributed by atoms with Crippen LogP contribution in [-0.2, 0) is 38.4 Å². The lowest BCUT2D eigenvalue weighted by atomic mass is 9.93. The summed E-state index contributed by atoms with van der Waals surface area (Å²) in [5.41, 5.74) is 12.9. The Labute approximate surface area is 226 Å². The Morgan fingerprint density at radius 3 is 2.03 bits per heavy atom. The lowest BCUT2D eigenvalue weighted by molar-refractivity contribution is -0.133. The zero-order valence-corrected chi connectivity index (χ0v) is 23.7. The Morgan fingerprint density at radius 1 is 0.868 bits per heavy atom. The van der Waals surface area contributed by atoms with Gasteiger partial charge < -0.3 is 20.1 Å². The van der Waals surface area contributed by atoms with Crippen LogP contribution in [0, 0.1) is 0 Å². The van der Waals surface area contributed by atoms with E-state index in [1.54, 1.807) is 19.9 Å². The standard InChI is InChI=1S/C29H43N3O6/c1-7-20-19(18-23(33)31-38-17-13-16-32(9-3)10-4)14-15-22-24(21(20)8-2)26(29(35)37-12-6)27(30)25(22)28(34)36-11-5/h14-15H,7-13,16-18,30H2,1-6H3,(H,31,33). The Balaban J connectivity index is 2.47. The number of amides is 1. The summed E-state index contributed by atoms with van der Waals surface area (Å²) in [4.78, 5) is 46.4. The Bertz CT molecular complexity index is 1080. The number of carbonyl (C=O) groups excluding carboxylic acids is 3. The molecule has 0 spiro atoms. The van der Waals surface area contributed by atoms with Gasteiger partial charge in [-0.1, -0.05) is 39.8 Å². The molecule has 9 nitrogen and oxygen atoms in total. The van der Waals surface area contributed by atoms with Crippen LogP contribution in [-0.4, -0.2) is 62.2 Å². The van der Waals surface area contributed by atoms with Crippen molar-refractivity contribution in [2.45, 2.75) is 67.2 Å². The molecule has 0 saturated heterocycles. The number of rotatable bonds is 15. The number of hydroxylamine groups is 1. The van der Waals surface area contributed by atoms with E-state index in [9.17, 15) is 14.4 Å². The van der Waals surface area contributed by atoms with Crippen molar-refractivity contribution >= 4 is 23.5 Å². The maximum absolute atomic E-state index is 13.0. The Kier molecular flexibility index (Phi) is 12.5. The third-order valence-electron chi connectivity index (χ3n) is 6.65. The molecule has 0 atom stereocenters. The molecule has 3 N–H and O–H groups in total. The van der Waals surface area contributed by atoms with Gasteiger partial charge in [0.1, 0.15) is 0 Å². The average molecular weight is 530 g/mol. The topological polar surface area (TPSA) is 120 Å². The second-order valence-corrected chi connectivity index (χ2v) is 8.85. The van der Waals surface area contributed by atoms with Gasteiger partial charge in [-0.25, -0.2) is 15.1 Å². The normalized spacial score (nSPS) is 11.1. The van der Waals surface area contributed by atoms with E-state index in [1.165, 1.54) is 0 Å². The van der Waals surface area contributed by atoms with Crippen LogP contribution in [0.1, 0.15) is 85.4 Å². The monoisotopic (exact) mass is 529 g/mol. The first-order valence-corrected chi connectivity index (χ1v) is 13.6. The van der Waals surface area contributed by atoms with Crippen LogP contribution in [0.2, 0.25) is 0 Å². The highest BCUT2D eigenvalue weighted by molar-refractivity contribution is 6.16. The van der Waals surface area contributed by atoms with Crippen LogP contribution in [0.15, 0.2) is 12.1 Å². The highest BCUT2D eigenvalue weighted by Gasteiger charge is 2.33. The van der Waals surface area contributed by atoms with Crippen molar-refractivity contribution in [3.8, 4) is 11.1 Å². The van der Waals surface area contributed by atoms with Crippen molar-refractivity contribution in [3.05, 3.63) is 39.9 Å². The fraction of sp³-hybridized carbons (Fsp3) is 0.552. The van der Waals surface area contributed by atoms with Crippen molar-refractivity contribution in [2.75, 3.05) is 45.2 Å². The maximum atomic E-state index is 13.0. The van der Waals surface area contributed by atoms with Crippen LogP contribution in [0.4, 0.5) is 5.69 Å². The zero-order valence-electron chi connectivity index (χ0n) is 23.7. The van der Waals surface area contributed by atoms with Crippen LogP contribution < -0.4 is 11.2 Å². The van der Waals surface area contributed by atoms with Gasteiger partial charge in [0.25, 0.3) is 0 Å². The molecule has 0 heterocycles. The molecule has 2 aliphatic rings. The van der Waals surface area contributed by atoms with E-state index in [1.807, 2.05) is 19.9 Å². The first-order chi connectivity index (χ1) is 18.3. The quantitative estimate of drug-likeness (QED) is 0.200. The van der Waals surface area contributed by atoms with Crippen molar-refractivity contribution < 1.29 is 28.7 Å². The predicted molar refractivity (Wildman–Crippen MR) is 148 cm³/mol. The number of anilines is 1. The number of carbonyl (C=O) groups is 3. The number of ether oxygens (including phenoxy) is 2.